The van der Waals surface area contributed by atoms with E-state index in [1.54, 1.807) is 7.11 Å². The summed E-state index contributed by atoms with van der Waals surface area (Å²) in [6.07, 6.45) is 3.67. The van der Waals surface area contributed by atoms with Crippen LogP contribution in [0.3, 0.4) is 0 Å². The molecular weight excluding hydrogens is 248 g/mol. The normalized spacial score (nSPS) is 16.1. The third-order valence-corrected chi connectivity index (χ3v) is 3.65. The van der Waals surface area contributed by atoms with E-state index in [-0.39, 0.29) is 5.78 Å². The zero-order chi connectivity index (χ0) is 13.9. The van der Waals surface area contributed by atoms with Gasteiger partial charge in [0.2, 0.25) is 0 Å². The van der Waals surface area contributed by atoms with E-state index in [1.807, 2.05) is 54.6 Å². The number of ketones is 1. The van der Waals surface area contributed by atoms with Gasteiger partial charge in [-0.1, -0.05) is 30.3 Å². The highest BCUT2D eigenvalue weighted by Crippen LogP contribution is 2.29. The molecule has 0 aliphatic heterocycles. The van der Waals surface area contributed by atoms with E-state index >= 15 is 0 Å². The van der Waals surface area contributed by atoms with Gasteiger partial charge in [0, 0.05) is 11.1 Å². The maximum atomic E-state index is 12.5. The fraction of sp³-hybridized carbons (Fsp3) is 0.167. The largest absolute Gasteiger partial charge is 0.497 e. The van der Waals surface area contributed by atoms with Gasteiger partial charge in [0.1, 0.15) is 5.75 Å². The SMILES string of the molecule is COc1ccc2c(c1)CC/C(=C/c1ccccc1)C2=O. The minimum atomic E-state index is 0.137. The predicted octanol–water partition coefficient (Wildman–Crippen LogP) is 3.91. The van der Waals surface area contributed by atoms with Crippen LogP contribution in [-0.4, -0.2) is 12.9 Å². The standard InChI is InChI=1S/C18H16O2/c1-20-16-9-10-17-14(12-16)7-8-15(18(17)19)11-13-5-3-2-4-6-13/h2-6,9-12H,7-8H2,1H3/b15-11-. The van der Waals surface area contributed by atoms with Crippen molar-refractivity contribution in [3.63, 3.8) is 0 Å². The zero-order valence-corrected chi connectivity index (χ0v) is 11.4. The average molecular weight is 264 g/mol. The average Bonchev–Trinajstić information content (AvgIpc) is 2.51. The second kappa shape index (κ2) is 5.33. The van der Waals surface area contributed by atoms with Gasteiger partial charge in [-0.2, -0.15) is 0 Å². The number of hydrogen-bond acceptors (Lipinski definition) is 2. The van der Waals surface area contributed by atoms with Crippen molar-refractivity contribution in [2.45, 2.75) is 12.8 Å². The molecule has 1 aliphatic rings. The molecule has 20 heavy (non-hydrogen) atoms. The van der Waals surface area contributed by atoms with E-state index in [1.165, 1.54) is 0 Å². The number of aryl methyl sites for hydroxylation is 1. The lowest BCUT2D eigenvalue weighted by molar-refractivity contribution is 0.102. The second-order valence-corrected chi connectivity index (χ2v) is 4.93. The van der Waals surface area contributed by atoms with Crippen molar-refractivity contribution < 1.29 is 9.53 Å². The number of carbonyl (C=O) groups excluding carboxylic acids is 1. The lowest BCUT2D eigenvalue weighted by Gasteiger charge is -2.18. The highest BCUT2D eigenvalue weighted by atomic mass is 16.5. The first-order valence-electron chi connectivity index (χ1n) is 6.75. The van der Waals surface area contributed by atoms with Crippen LogP contribution in [0.1, 0.15) is 27.9 Å². The summed E-state index contributed by atoms with van der Waals surface area (Å²) in [5.41, 5.74) is 3.85. The van der Waals surface area contributed by atoms with Crippen LogP contribution in [0.15, 0.2) is 54.1 Å². The highest BCUT2D eigenvalue weighted by molar-refractivity contribution is 6.13. The van der Waals surface area contributed by atoms with Crippen LogP contribution in [0.5, 0.6) is 5.75 Å². The molecule has 2 heteroatoms. The van der Waals surface area contributed by atoms with Gasteiger partial charge in [0.15, 0.2) is 5.78 Å². The first kappa shape index (κ1) is 12.7. The Kier molecular flexibility index (Phi) is 3.38. The lowest BCUT2D eigenvalue weighted by atomic mass is 9.86. The summed E-state index contributed by atoms with van der Waals surface area (Å²) in [4.78, 5) is 12.5. The maximum Gasteiger partial charge on any atom is 0.189 e. The first-order chi connectivity index (χ1) is 9.78. The summed E-state index contributed by atoms with van der Waals surface area (Å²) in [5.74, 6) is 0.949. The highest BCUT2D eigenvalue weighted by Gasteiger charge is 2.22. The Morgan fingerprint density at radius 3 is 2.60 bits per heavy atom. The molecule has 2 aromatic carbocycles. The van der Waals surface area contributed by atoms with Gasteiger partial charge in [0.25, 0.3) is 0 Å². The summed E-state index contributed by atoms with van der Waals surface area (Å²) >= 11 is 0. The van der Waals surface area contributed by atoms with E-state index in [9.17, 15) is 4.79 Å². The smallest absolute Gasteiger partial charge is 0.189 e. The molecule has 0 radical (unpaired) electrons. The van der Waals surface area contributed by atoms with Crippen LogP contribution in [0, 0.1) is 0 Å². The Morgan fingerprint density at radius 2 is 1.85 bits per heavy atom. The van der Waals surface area contributed by atoms with Gasteiger partial charge in [-0.15, -0.1) is 0 Å². The summed E-state index contributed by atoms with van der Waals surface area (Å²) in [6.45, 7) is 0. The molecule has 2 nitrogen and oxygen atoms in total. The van der Waals surface area contributed by atoms with Crippen molar-refractivity contribution in [1.29, 1.82) is 0 Å². The number of benzene rings is 2. The molecule has 0 bridgehead atoms. The molecule has 100 valence electrons. The number of hydrogen-bond donors (Lipinski definition) is 0. The van der Waals surface area contributed by atoms with E-state index in [0.29, 0.717) is 0 Å². The van der Waals surface area contributed by atoms with Crippen molar-refractivity contribution in [3.05, 3.63) is 70.8 Å². The minimum absolute atomic E-state index is 0.137. The van der Waals surface area contributed by atoms with Crippen LogP contribution >= 0.6 is 0 Å². The Balaban J connectivity index is 1.95. The predicted molar refractivity (Wildman–Crippen MR) is 80.1 cm³/mol. The molecule has 0 heterocycles. The van der Waals surface area contributed by atoms with Gasteiger partial charge < -0.3 is 4.74 Å². The minimum Gasteiger partial charge on any atom is -0.497 e. The molecular formula is C18H16O2. The number of rotatable bonds is 2. The van der Waals surface area contributed by atoms with Crippen LogP contribution in [-0.2, 0) is 6.42 Å². The van der Waals surface area contributed by atoms with Gasteiger partial charge in [-0.3, -0.25) is 4.79 Å². The Bertz CT molecular complexity index is 669. The molecule has 1 aliphatic carbocycles. The van der Waals surface area contributed by atoms with Crippen LogP contribution in [0.4, 0.5) is 0 Å². The summed E-state index contributed by atoms with van der Waals surface area (Å²) < 4.78 is 5.21. The molecule has 0 saturated carbocycles. The lowest BCUT2D eigenvalue weighted by Crippen LogP contribution is -2.14. The fourth-order valence-electron chi connectivity index (χ4n) is 2.57. The maximum absolute atomic E-state index is 12.5. The van der Waals surface area contributed by atoms with Crippen molar-refractivity contribution in [3.8, 4) is 5.75 Å². The van der Waals surface area contributed by atoms with Crippen molar-refractivity contribution in [2.75, 3.05) is 7.11 Å². The number of fused-ring (bicyclic) bond motifs is 1. The Hall–Kier alpha value is -2.35. The van der Waals surface area contributed by atoms with Crippen molar-refractivity contribution in [1.82, 2.24) is 0 Å². The Morgan fingerprint density at radius 1 is 1.05 bits per heavy atom. The number of methoxy groups -OCH3 is 1. The topological polar surface area (TPSA) is 26.3 Å². The molecule has 0 unspecified atom stereocenters. The number of allylic oxidation sites excluding steroid dienone is 1. The van der Waals surface area contributed by atoms with Gasteiger partial charge in [-0.25, -0.2) is 0 Å². The molecule has 0 spiro atoms. The molecule has 0 N–H and O–H groups in total. The second-order valence-electron chi connectivity index (χ2n) is 4.93. The number of ether oxygens (including phenoxy) is 1. The Labute approximate surface area is 118 Å². The zero-order valence-electron chi connectivity index (χ0n) is 11.4. The summed E-state index contributed by atoms with van der Waals surface area (Å²) in [5, 5.41) is 0. The third kappa shape index (κ3) is 2.37. The van der Waals surface area contributed by atoms with Gasteiger partial charge in [0.05, 0.1) is 7.11 Å². The van der Waals surface area contributed by atoms with Crippen LogP contribution in [0.25, 0.3) is 6.08 Å². The summed E-state index contributed by atoms with van der Waals surface area (Å²) in [6, 6.07) is 15.7. The number of carbonyl (C=O) groups is 1. The molecule has 0 saturated heterocycles. The fourth-order valence-corrected chi connectivity index (χ4v) is 2.57. The van der Waals surface area contributed by atoms with Crippen LogP contribution in [0.2, 0.25) is 0 Å². The molecule has 0 atom stereocenters. The molecule has 2 aromatic rings. The van der Waals surface area contributed by atoms with Gasteiger partial charge in [-0.05, 0) is 48.2 Å². The molecule has 3 rings (SSSR count). The van der Waals surface area contributed by atoms with Crippen molar-refractivity contribution in [2.24, 2.45) is 0 Å². The van der Waals surface area contributed by atoms with Crippen molar-refractivity contribution >= 4 is 11.9 Å². The van der Waals surface area contributed by atoms with Gasteiger partial charge >= 0.3 is 0 Å². The first-order valence-corrected chi connectivity index (χ1v) is 6.75. The molecule has 0 amide bonds. The summed E-state index contributed by atoms with van der Waals surface area (Å²) in [7, 11) is 1.65. The number of Topliss-reactive ketones (excluding diaryl/α,β-unsaturated/α-hetero) is 1. The van der Waals surface area contributed by atoms with E-state index < -0.39 is 0 Å². The van der Waals surface area contributed by atoms with Crippen LogP contribution < -0.4 is 4.74 Å². The van der Waals surface area contributed by atoms with E-state index in [0.717, 1.165) is 40.9 Å². The monoisotopic (exact) mass is 264 g/mol. The van der Waals surface area contributed by atoms with E-state index in [4.69, 9.17) is 4.74 Å². The molecule has 0 fully saturated rings. The molecule has 0 aromatic heterocycles. The quantitative estimate of drug-likeness (QED) is 0.769. The third-order valence-electron chi connectivity index (χ3n) is 3.65. The van der Waals surface area contributed by atoms with E-state index in [2.05, 4.69) is 0 Å².